The maximum absolute atomic E-state index is 2.32. The summed E-state index contributed by atoms with van der Waals surface area (Å²) in [6.45, 7) is 4.60. The molecule has 0 nitrogen and oxygen atoms in total. The Balaban J connectivity index is 2.32. The van der Waals surface area contributed by atoms with Gasteiger partial charge in [-0.3, -0.25) is 0 Å². The Morgan fingerprint density at radius 2 is 1.10 bits per heavy atom. The Bertz CT molecular complexity index is 962. The number of hydrogen-bond acceptors (Lipinski definition) is 0. The van der Waals surface area contributed by atoms with Gasteiger partial charge in [0.2, 0.25) is 0 Å². The zero-order valence-electron chi connectivity index (χ0n) is 11.9. The van der Waals surface area contributed by atoms with Crippen molar-refractivity contribution in [2.75, 3.05) is 0 Å². The monoisotopic (exact) mass is 256 g/mol. The van der Waals surface area contributed by atoms with Crippen LogP contribution < -0.4 is 10.4 Å². The molecule has 96 valence electrons. The van der Waals surface area contributed by atoms with Crippen LogP contribution in [0.2, 0.25) is 0 Å². The van der Waals surface area contributed by atoms with Crippen molar-refractivity contribution in [2.24, 2.45) is 0 Å². The van der Waals surface area contributed by atoms with E-state index in [4.69, 9.17) is 0 Å². The minimum atomic E-state index is 1.12. The molecule has 0 saturated carbocycles. The van der Waals surface area contributed by atoms with E-state index in [-0.39, 0.29) is 0 Å². The third-order valence-electron chi connectivity index (χ3n) is 5.10. The average Bonchev–Trinajstić information content (AvgIpc) is 2.95. The molecule has 2 aliphatic carbocycles. The molecule has 0 saturated heterocycles. The highest BCUT2D eigenvalue weighted by Crippen LogP contribution is 2.30. The van der Waals surface area contributed by atoms with Crippen molar-refractivity contribution in [3.05, 3.63) is 58.0 Å². The molecule has 20 heavy (non-hydrogen) atoms. The van der Waals surface area contributed by atoms with Crippen LogP contribution in [0.5, 0.6) is 0 Å². The highest BCUT2D eigenvalue weighted by atomic mass is 14.2. The van der Waals surface area contributed by atoms with Crippen LogP contribution in [-0.4, -0.2) is 0 Å². The fourth-order valence-corrected chi connectivity index (χ4v) is 4.41. The lowest BCUT2D eigenvalue weighted by Gasteiger charge is -2.06. The molecule has 0 heteroatoms. The maximum atomic E-state index is 2.32. The first-order valence-electron chi connectivity index (χ1n) is 7.40. The van der Waals surface area contributed by atoms with Crippen molar-refractivity contribution in [3.63, 3.8) is 0 Å². The summed E-state index contributed by atoms with van der Waals surface area (Å²) in [4.78, 5) is 0. The number of rotatable bonds is 0. The van der Waals surface area contributed by atoms with Crippen molar-refractivity contribution in [1.29, 1.82) is 0 Å². The molecule has 0 radical (unpaired) electrons. The summed E-state index contributed by atoms with van der Waals surface area (Å²) in [5.41, 5.74) is 6.09. The molecule has 3 aromatic rings. The lowest BCUT2D eigenvalue weighted by atomic mass is 9.97. The second-order valence-electron chi connectivity index (χ2n) is 6.34. The molecular formula is C20H16. The molecule has 0 unspecified atom stereocenters. The topological polar surface area (TPSA) is 0 Å². The van der Waals surface area contributed by atoms with Gasteiger partial charge in [0, 0.05) is 0 Å². The molecule has 0 bridgehead atoms. The zero-order valence-corrected chi connectivity index (χ0v) is 11.9. The molecule has 0 amide bonds. The number of benzene rings is 3. The highest BCUT2D eigenvalue weighted by molar-refractivity contribution is 6.08. The van der Waals surface area contributed by atoms with E-state index in [1.165, 1.54) is 54.3 Å². The van der Waals surface area contributed by atoms with Gasteiger partial charge in [-0.15, -0.1) is 0 Å². The van der Waals surface area contributed by atoms with Gasteiger partial charge in [-0.05, 0) is 69.8 Å². The SMILES string of the molecule is CC1=c2c3cccc4c3c(c3cccc(c23)C1)=C(C)C4. The van der Waals surface area contributed by atoms with Crippen molar-refractivity contribution in [1.82, 2.24) is 0 Å². The maximum Gasteiger partial charge on any atom is -0.00540 e. The number of hydrogen-bond donors (Lipinski definition) is 0. The van der Waals surface area contributed by atoms with E-state index < -0.39 is 0 Å². The van der Waals surface area contributed by atoms with E-state index in [9.17, 15) is 0 Å². The Morgan fingerprint density at radius 1 is 0.650 bits per heavy atom. The van der Waals surface area contributed by atoms with Crippen molar-refractivity contribution in [3.8, 4) is 0 Å². The lowest BCUT2D eigenvalue weighted by molar-refractivity contribution is 1.32. The summed E-state index contributed by atoms with van der Waals surface area (Å²) in [5, 5.41) is 9.03. The number of fused-ring (bicyclic) bond motifs is 2. The van der Waals surface area contributed by atoms with Crippen LogP contribution in [0.3, 0.4) is 0 Å². The summed E-state index contributed by atoms with van der Waals surface area (Å²) in [6, 6.07) is 13.7. The molecular weight excluding hydrogens is 240 g/mol. The Kier molecular flexibility index (Phi) is 1.77. The van der Waals surface area contributed by atoms with Gasteiger partial charge < -0.3 is 0 Å². The van der Waals surface area contributed by atoms with E-state index in [1.54, 1.807) is 0 Å². The quantitative estimate of drug-likeness (QED) is 0.540. The minimum absolute atomic E-state index is 1.12. The first-order valence-corrected chi connectivity index (χ1v) is 7.40. The molecule has 3 aromatic carbocycles. The van der Waals surface area contributed by atoms with Gasteiger partial charge >= 0.3 is 0 Å². The van der Waals surface area contributed by atoms with Gasteiger partial charge in [-0.2, -0.15) is 0 Å². The van der Waals surface area contributed by atoms with E-state index in [2.05, 4.69) is 50.2 Å². The van der Waals surface area contributed by atoms with E-state index in [1.807, 2.05) is 0 Å². The fraction of sp³-hybridized carbons (Fsp3) is 0.200. The largest absolute Gasteiger partial charge is 0.0613 e. The Morgan fingerprint density at radius 3 is 1.55 bits per heavy atom. The zero-order chi connectivity index (χ0) is 13.4. The third-order valence-corrected chi connectivity index (χ3v) is 5.10. The molecule has 0 heterocycles. The normalized spacial score (nSPS) is 15.9. The van der Waals surface area contributed by atoms with E-state index in [0.717, 1.165) is 12.8 Å². The van der Waals surface area contributed by atoms with Crippen LogP contribution in [-0.2, 0) is 12.8 Å². The fourth-order valence-electron chi connectivity index (χ4n) is 4.41. The Labute approximate surface area is 118 Å². The predicted octanol–water partition coefficient (Wildman–Crippen LogP) is 3.45. The lowest BCUT2D eigenvalue weighted by Crippen LogP contribution is -2.14. The summed E-state index contributed by atoms with van der Waals surface area (Å²) in [6.07, 6.45) is 2.24. The molecule has 0 atom stereocenters. The summed E-state index contributed by atoms with van der Waals surface area (Å²) < 4.78 is 0. The third kappa shape index (κ3) is 1.06. The van der Waals surface area contributed by atoms with Crippen LogP contribution >= 0.6 is 0 Å². The highest BCUT2D eigenvalue weighted by Gasteiger charge is 2.21. The van der Waals surface area contributed by atoms with Gasteiger partial charge in [-0.25, -0.2) is 0 Å². The van der Waals surface area contributed by atoms with Crippen LogP contribution in [0.25, 0.3) is 32.7 Å². The molecule has 0 aromatic heterocycles. The minimum Gasteiger partial charge on any atom is -0.0613 e. The smallest absolute Gasteiger partial charge is 0.00540 e. The predicted molar refractivity (Wildman–Crippen MR) is 86.3 cm³/mol. The Hall–Kier alpha value is -2.08. The van der Waals surface area contributed by atoms with Crippen LogP contribution in [0.15, 0.2) is 36.4 Å². The second-order valence-corrected chi connectivity index (χ2v) is 6.34. The summed E-state index contributed by atoms with van der Waals surface area (Å²) in [5.74, 6) is 0. The molecule has 0 N–H and O–H groups in total. The first-order chi connectivity index (χ1) is 9.75. The van der Waals surface area contributed by atoms with E-state index >= 15 is 0 Å². The molecule has 0 aliphatic heterocycles. The molecule has 5 rings (SSSR count). The van der Waals surface area contributed by atoms with Gasteiger partial charge in [0.25, 0.3) is 0 Å². The summed E-state index contributed by atoms with van der Waals surface area (Å²) in [7, 11) is 0. The van der Waals surface area contributed by atoms with Crippen molar-refractivity contribution >= 4 is 32.7 Å². The molecule has 0 fully saturated rings. The molecule has 0 spiro atoms. The standard InChI is InChI=1S/C20H16/c1-11-9-13-5-3-8-16-18-12(2)10-14-6-4-7-15(20(14)18)17(11)19(13)16/h3-8H,9-10H2,1-2H3. The van der Waals surface area contributed by atoms with Crippen LogP contribution in [0, 0.1) is 0 Å². The van der Waals surface area contributed by atoms with Crippen LogP contribution in [0.4, 0.5) is 0 Å². The van der Waals surface area contributed by atoms with Crippen molar-refractivity contribution in [2.45, 2.75) is 26.7 Å². The second kappa shape index (κ2) is 3.32. The van der Waals surface area contributed by atoms with Gasteiger partial charge in [-0.1, -0.05) is 47.5 Å². The van der Waals surface area contributed by atoms with Gasteiger partial charge in [0.1, 0.15) is 0 Å². The first kappa shape index (κ1) is 10.7. The summed E-state index contributed by atoms with van der Waals surface area (Å²) >= 11 is 0. The van der Waals surface area contributed by atoms with Gasteiger partial charge in [0.15, 0.2) is 0 Å². The average molecular weight is 256 g/mol. The van der Waals surface area contributed by atoms with Crippen LogP contribution in [0.1, 0.15) is 25.0 Å². The van der Waals surface area contributed by atoms with Gasteiger partial charge in [0.05, 0.1) is 0 Å². The van der Waals surface area contributed by atoms with E-state index in [0.29, 0.717) is 0 Å². The molecule has 2 aliphatic rings. The van der Waals surface area contributed by atoms with Crippen molar-refractivity contribution < 1.29 is 0 Å².